The first-order chi connectivity index (χ1) is 16.5. The van der Waals surface area contributed by atoms with Crippen LogP contribution < -0.4 is 20.5 Å². The number of hydrogen-bond acceptors (Lipinski definition) is 8. The number of carbonyl (C=O) groups is 1. The van der Waals surface area contributed by atoms with Crippen molar-refractivity contribution < 1.29 is 14.3 Å². The average molecular weight is 498 g/mol. The van der Waals surface area contributed by atoms with E-state index in [1.54, 1.807) is 30.6 Å². The molecular formula is C23H20ClN5O4S. The molecule has 1 saturated heterocycles. The van der Waals surface area contributed by atoms with Gasteiger partial charge in [0.25, 0.3) is 5.56 Å². The van der Waals surface area contributed by atoms with Gasteiger partial charge in [0.2, 0.25) is 0 Å². The van der Waals surface area contributed by atoms with Crippen LogP contribution in [-0.4, -0.2) is 34.2 Å². The Morgan fingerprint density at radius 2 is 2.18 bits per heavy atom. The van der Waals surface area contributed by atoms with Gasteiger partial charge < -0.3 is 19.8 Å². The van der Waals surface area contributed by atoms with Gasteiger partial charge in [-0.3, -0.25) is 14.7 Å². The van der Waals surface area contributed by atoms with Crippen LogP contribution in [0.1, 0.15) is 24.2 Å². The maximum Gasteiger partial charge on any atom is 0.415 e. The predicted molar refractivity (Wildman–Crippen MR) is 131 cm³/mol. The van der Waals surface area contributed by atoms with Crippen LogP contribution in [0.2, 0.25) is 5.02 Å². The number of anilines is 2. The van der Waals surface area contributed by atoms with Crippen molar-refractivity contribution in [2.24, 2.45) is 0 Å². The number of carbonyl (C=O) groups excluding carboxylic acids is 1. The highest BCUT2D eigenvalue weighted by atomic mass is 35.5. The smallest absolute Gasteiger partial charge is 0.415 e. The van der Waals surface area contributed by atoms with Crippen molar-refractivity contribution in [3.05, 3.63) is 75.4 Å². The van der Waals surface area contributed by atoms with Crippen LogP contribution in [0.3, 0.4) is 0 Å². The summed E-state index contributed by atoms with van der Waals surface area (Å²) in [6, 6.07) is 10.5. The quantitative estimate of drug-likeness (QED) is 0.379. The molecule has 0 bridgehead atoms. The molecule has 1 aromatic carbocycles. The first kappa shape index (κ1) is 22.2. The molecule has 1 fully saturated rings. The Kier molecular flexibility index (Phi) is 6.08. The van der Waals surface area contributed by atoms with Crippen molar-refractivity contribution in [3.8, 4) is 5.75 Å². The molecule has 4 heterocycles. The van der Waals surface area contributed by atoms with Crippen LogP contribution in [0.15, 0.2) is 53.6 Å². The number of amides is 1. The summed E-state index contributed by atoms with van der Waals surface area (Å²) in [6.07, 6.45) is 2.93. The summed E-state index contributed by atoms with van der Waals surface area (Å²) in [4.78, 5) is 37.6. The van der Waals surface area contributed by atoms with E-state index in [1.165, 1.54) is 16.2 Å². The van der Waals surface area contributed by atoms with Crippen LogP contribution in [0.25, 0.3) is 10.9 Å². The van der Waals surface area contributed by atoms with Gasteiger partial charge in [0.05, 0.1) is 35.0 Å². The second kappa shape index (κ2) is 9.32. The van der Waals surface area contributed by atoms with Crippen molar-refractivity contribution in [1.82, 2.24) is 15.0 Å². The van der Waals surface area contributed by atoms with Gasteiger partial charge in [0, 0.05) is 23.2 Å². The standard InChI is InChI=1S/C23H20ClN5O4S/c1-13(27-22-26-11-20(34-22)29-6-7-32-23(29)31)16-8-14-9-17(24)19(10-18(14)28-21(16)30)33-12-15-4-2-3-5-25-15/h2-5,8-11,13H,6-7,12H2,1H3,(H,26,27)(H,28,30)/t13-/m0/s1. The molecule has 5 rings (SSSR count). The van der Waals surface area contributed by atoms with Crippen LogP contribution in [0.5, 0.6) is 5.75 Å². The minimum atomic E-state index is -0.380. The summed E-state index contributed by atoms with van der Waals surface area (Å²) in [5.41, 5.74) is 1.69. The highest BCUT2D eigenvalue weighted by molar-refractivity contribution is 7.19. The van der Waals surface area contributed by atoms with E-state index in [9.17, 15) is 9.59 Å². The molecule has 11 heteroatoms. The van der Waals surface area contributed by atoms with Gasteiger partial charge in [-0.2, -0.15) is 0 Å². The number of halogens is 1. The third-order valence-electron chi connectivity index (χ3n) is 5.35. The van der Waals surface area contributed by atoms with Crippen LogP contribution in [-0.2, 0) is 11.3 Å². The van der Waals surface area contributed by atoms with Crippen molar-refractivity contribution in [3.63, 3.8) is 0 Å². The van der Waals surface area contributed by atoms with Crippen LogP contribution >= 0.6 is 22.9 Å². The van der Waals surface area contributed by atoms with E-state index >= 15 is 0 Å². The summed E-state index contributed by atoms with van der Waals surface area (Å²) in [5.74, 6) is 0.463. The molecule has 174 valence electrons. The number of H-pyrrole nitrogens is 1. The summed E-state index contributed by atoms with van der Waals surface area (Å²) in [7, 11) is 0. The van der Waals surface area contributed by atoms with Crippen molar-refractivity contribution >= 4 is 50.1 Å². The first-order valence-electron chi connectivity index (χ1n) is 10.5. The molecule has 0 spiro atoms. The third-order valence-corrected chi connectivity index (χ3v) is 6.60. The maximum absolute atomic E-state index is 12.8. The predicted octanol–water partition coefficient (Wildman–Crippen LogP) is 4.74. The maximum atomic E-state index is 12.8. The van der Waals surface area contributed by atoms with E-state index in [4.69, 9.17) is 21.1 Å². The van der Waals surface area contributed by atoms with E-state index in [-0.39, 0.29) is 24.3 Å². The van der Waals surface area contributed by atoms with Gasteiger partial charge in [0.1, 0.15) is 24.0 Å². The molecule has 4 aromatic rings. The fraction of sp³-hybridized carbons (Fsp3) is 0.217. The number of cyclic esters (lactones) is 1. The Morgan fingerprint density at radius 3 is 2.94 bits per heavy atom. The molecule has 0 unspecified atom stereocenters. The Labute approximate surface area is 203 Å². The van der Waals surface area contributed by atoms with Gasteiger partial charge in [0.15, 0.2) is 5.13 Å². The highest BCUT2D eigenvalue weighted by Gasteiger charge is 2.25. The van der Waals surface area contributed by atoms with E-state index in [2.05, 4.69) is 20.3 Å². The number of aromatic nitrogens is 3. The fourth-order valence-electron chi connectivity index (χ4n) is 3.61. The van der Waals surface area contributed by atoms with Crippen molar-refractivity contribution in [1.29, 1.82) is 0 Å². The molecule has 9 nitrogen and oxygen atoms in total. The van der Waals surface area contributed by atoms with E-state index < -0.39 is 0 Å². The van der Waals surface area contributed by atoms with Crippen LogP contribution in [0.4, 0.5) is 14.9 Å². The fourth-order valence-corrected chi connectivity index (χ4v) is 4.75. The average Bonchev–Trinajstić information content (AvgIpc) is 3.46. The molecular weight excluding hydrogens is 478 g/mol. The molecule has 1 atom stereocenters. The lowest BCUT2D eigenvalue weighted by atomic mass is 10.1. The number of hydrogen-bond donors (Lipinski definition) is 2. The highest BCUT2D eigenvalue weighted by Crippen LogP contribution is 2.33. The minimum Gasteiger partial charge on any atom is -0.486 e. The number of benzene rings is 1. The number of aromatic amines is 1. The number of thiazole rings is 1. The van der Waals surface area contributed by atoms with Gasteiger partial charge >= 0.3 is 6.09 Å². The third kappa shape index (κ3) is 4.55. The Hall–Kier alpha value is -3.63. The lowest BCUT2D eigenvalue weighted by Gasteiger charge is -2.14. The molecule has 0 radical (unpaired) electrons. The van der Waals surface area contributed by atoms with Gasteiger partial charge in [-0.25, -0.2) is 9.78 Å². The molecule has 0 saturated carbocycles. The summed E-state index contributed by atoms with van der Waals surface area (Å²) >= 11 is 7.77. The zero-order valence-corrected chi connectivity index (χ0v) is 19.7. The van der Waals surface area contributed by atoms with E-state index in [0.29, 0.717) is 45.1 Å². The SMILES string of the molecule is C[C@H](Nc1ncc(N2CCOC2=O)s1)c1cc2cc(Cl)c(OCc3ccccn3)cc2[nH]c1=O. The van der Waals surface area contributed by atoms with Gasteiger partial charge in [-0.15, -0.1) is 0 Å². The molecule has 1 aliphatic heterocycles. The number of pyridine rings is 2. The summed E-state index contributed by atoms with van der Waals surface area (Å²) in [5, 5.41) is 5.73. The van der Waals surface area contributed by atoms with Gasteiger partial charge in [-0.05, 0) is 31.2 Å². The number of ether oxygens (including phenoxy) is 2. The normalized spacial score (nSPS) is 14.3. The zero-order chi connectivity index (χ0) is 23.7. The second-order valence-electron chi connectivity index (χ2n) is 7.67. The van der Waals surface area contributed by atoms with Gasteiger partial charge in [-0.1, -0.05) is 29.0 Å². The summed E-state index contributed by atoms with van der Waals surface area (Å²) < 4.78 is 10.8. The first-order valence-corrected chi connectivity index (χ1v) is 11.7. The van der Waals surface area contributed by atoms with Crippen molar-refractivity contribution in [2.75, 3.05) is 23.4 Å². The van der Waals surface area contributed by atoms with E-state index in [0.717, 1.165) is 11.1 Å². The second-order valence-corrected chi connectivity index (χ2v) is 9.09. The number of nitrogens with zero attached hydrogens (tertiary/aromatic N) is 3. The monoisotopic (exact) mass is 497 g/mol. The lowest BCUT2D eigenvalue weighted by Crippen LogP contribution is -2.22. The molecule has 0 aliphatic carbocycles. The molecule has 2 N–H and O–H groups in total. The largest absolute Gasteiger partial charge is 0.486 e. The summed E-state index contributed by atoms with van der Waals surface area (Å²) in [6.45, 7) is 2.99. The Morgan fingerprint density at radius 1 is 1.29 bits per heavy atom. The minimum absolute atomic E-state index is 0.231. The molecule has 1 amide bonds. The Balaban J connectivity index is 1.34. The molecule has 34 heavy (non-hydrogen) atoms. The molecule has 1 aliphatic rings. The Bertz CT molecular complexity index is 1410. The number of fused-ring (bicyclic) bond motifs is 1. The lowest BCUT2D eigenvalue weighted by molar-refractivity contribution is 0.181. The van der Waals surface area contributed by atoms with Crippen LogP contribution in [0, 0.1) is 0 Å². The molecule has 3 aromatic heterocycles. The topological polar surface area (TPSA) is 109 Å². The number of rotatable bonds is 7. The number of nitrogens with one attached hydrogen (secondary N) is 2. The van der Waals surface area contributed by atoms with Crippen molar-refractivity contribution in [2.45, 2.75) is 19.6 Å². The zero-order valence-electron chi connectivity index (χ0n) is 18.1. The van der Waals surface area contributed by atoms with E-state index in [1.807, 2.05) is 25.1 Å².